The Morgan fingerprint density at radius 2 is 2.29 bits per heavy atom. The van der Waals surface area contributed by atoms with Gasteiger partial charge >= 0.3 is 0 Å². The molecule has 76 valence electrons. The van der Waals surface area contributed by atoms with E-state index in [2.05, 4.69) is 9.97 Å². The molecule has 4 nitrogen and oxygen atoms in total. The topological polar surface area (TPSA) is 61.0 Å². The number of nitrogens with two attached hydrogens (primary N) is 1. The molecule has 0 bridgehead atoms. The molecule has 2 unspecified atom stereocenters. The van der Waals surface area contributed by atoms with Crippen LogP contribution >= 0.6 is 11.6 Å². The molecule has 2 atom stereocenters. The minimum Gasteiger partial charge on any atom is -0.472 e. The zero-order chi connectivity index (χ0) is 9.97. The van der Waals surface area contributed by atoms with E-state index in [1.54, 1.807) is 6.20 Å². The van der Waals surface area contributed by atoms with Crippen LogP contribution in [0.5, 0.6) is 5.88 Å². The molecular formula is C9H12ClN3O. The molecule has 1 aromatic rings. The largest absolute Gasteiger partial charge is 0.472 e. The maximum atomic E-state index is 5.86. The molecule has 5 heteroatoms. The van der Waals surface area contributed by atoms with Crippen LogP contribution in [0.3, 0.4) is 0 Å². The lowest BCUT2D eigenvalue weighted by Gasteiger charge is -2.16. The number of ether oxygens (including phenoxy) is 1. The summed E-state index contributed by atoms with van der Waals surface area (Å²) >= 11 is 5.68. The Balaban J connectivity index is 2.03. The van der Waals surface area contributed by atoms with Crippen LogP contribution in [-0.2, 0) is 0 Å². The maximum absolute atomic E-state index is 5.86. The van der Waals surface area contributed by atoms with Crippen molar-refractivity contribution in [2.75, 3.05) is 0 Å². The quantitative estimate of drug-likeness (QED) is 0.807. The minimum absolute atomic E-state index is 0.0581. The first-order valence-electron chi connectivity index (χ1n) is 4.65. The fraction of sp³-hybridized carbons (Fsp3) is 0.556. The highest BCUT2D eigenvalue weighted by Gasteiger charge is 2.25. The molecule has 1 heterocycles. The number of aromatic nitrogens is 2. The van der Waals surface area contributed by atoms with Gasteiger partial charge in [-0.2, -0.15) is 4.98 Å². The summed E-state index contributed by atoms with van der Waals surface area (Å²) in [6, 6.07) is 0.107. The van der Waals surface area contributed by atoms with E-state index in [-0.39, 0.29) is 12.1 Å². The monoisotopic (exact) mass is 213 g/mol. The summed E-state index contributed by atoms with van der Waals surface area (Å²) in [4.78, 5) is 7.89. The number of halogens is 1. The zero-order valence-electron chi connectivity index (χ0n) is 7.69. The van der Waals surface area contributed by atoms with Crippen molar-refractivity contribution in [2.45, 2.75) is 31.4 Å². The zero-order valence-corrected chi connectivity index (χ0v) is 8.44. The molecule has 1 aromatic heterocycles. The predicted molar refractivity (Wildman–Crippen MR) is 53.3 cm³/mol. The fourth-order valence-electron chi connectivity index (χ4n) is 1.64. The van der Waals surface area contributed by atoms with Crippen molar-refractivity contribution in [1.82, 2.24) is 9.97 Å². The van der Waals surface area contributed by atoms with Gasteiger partial charge in [0.1, 0.15) is 6.10 Å². The molecule has 0 aromatic carbocycles. The van der Waals surface area contributed by atoms with Crippen LogP contribution in [0.2, 0.25) is 5.15 Å². The van der Waals surface area contributed by atoms with Gasteiger partial charge < -0.3 is 10.5 Å². The van der Waals surface area contributed by atoms with Crippen molar-refractivity contribution >= 4 is 11.6 Å². The van der Waals surface area contributed by atoms with Gasteiger partial charge in [0, 0.05) is 6.04 Å². The van der Waals surface area contributed by atoms with Crippen LogP contribution < -0.4 is 10.5 Å². The fourth-order valence-corrected chi connectivity index (χ4v) is 1.78. The molecule has 0 aliphatic heterocycles. The van der Waals surface area contributed by atoms with Gasteiger partial charge in [-0.05, 0) is 19.3 Å². The van der Waals surface area contributed by atoms with E-state index in [1.807, 2.05) is 0 Å². The highest BCUT2D eigenvalue weighted by atomic mass is 35.5. The first-order chi connectivity index (χ1) is 6.75. The van der Waals surface area contributed by atoms with E-state index in [4.69, 9.17) is 22.1 Å². The summed E-state index contributed by atoms with van der Waals surface area (Å²) in [5, 5.41) is 0.342. The Labute approximate surface area is 87.4 Å². The van der Waals surface area contributed by atoms with E-state index in [0.29, 0.717) is 11.0 Å². The van der Waals surface area contributed by atoms with Crippen LogP contribution in [0.4, 0.5) is 0 Å². The van der Waals surface area contributed by atoms with E-state index < -0.39 is 0 Å². The van der Waals surface area contributed by atoms with Gasteiger partial charge in [-0.3, -0.25) is 4.98 Å². The number of hydrogen-bond donors (Lipinski definition) is 1. The molecule has 1 fully saturated rings. The molecule has 2 N–H and O–H groups in total. The summed E-state index contributed by atoms with van der Waals surface area (Å²) in [5.74, 6) is 0.458. The van der Waals surface area contributed by atoms with Crippen molar-refractivity contribution in [2.24, 2.45) is 5.73 Å². The summed E-state index contributed by atoms with van der Waals surface area (Å²) < 4.78 is 5.59. The van der Waals surface area contributed by atoms with Gasteiger partial charge in [-0.15, -0.1) is 0 Å². The van der Waals surface area contributed by atoms with Gasteiger partial charge in [0.25, 0.3) is 0 Å². The molecule has 0 radical (unpaired) electrons. The van der Waals surface area contributed by atoms with Crippen LogP contribution in [0.15, 0.2) is 12.4 Å². The van der Waals surface area contributed by atoms with E-state index >= 15 is 0 Å². The highest BCUT2D eigenvalue weighted by molar-refractivity contribution is 6.29. The lowest BCUT2D eigenvalue weighted by Crippen LogP contribution is -2.33. The Kier molecular flexibility index (Phi) is 2.84. The molecule has 1 aliphatic rings. The standard InChI is InChI=1S/C9H12ClN3O/c10-8-4-12-5-9(13-8)14-7-3-1-2-6(7)11/h4-7H,1-3,11H2. The Morgan fingerprint density at radius 1 is 1.43 bits per heavy atom. The Bertz CT molecular complexity index is 321. The molecular weight excluding hydrogens is 202 g/mol. The van der Waals surface area contributed by atoms with Crippen LogP contribution in [0, 0.1) is 0 Å². The minimum atomic E-state index is 0.0581. The van der Waals surface area contributed by atoms with E-state index in [0.717, 1.165) is 19.3 Å². The summed E-state index contributed by atoms with van der Waals surface area (Å²) in [6.45, 7) is 0. The lowest BCUT2D eigenvalue weighted by atomic mass is 10.2. The molecule has 0 spiro atoms. The third kappa shape index (κ3) is 2.13. The summed E-state index contributed by atoms with van der Waals surface area (Å²) in [6.07, 6.45) is 6.19. The van der Waals surface area contributed by atoms with Gasteiger partial charge in [0.15, 0.2) is 5.15 Å². The molecule has 0 amide bonds. The van der Waals surface area contributed by atoms with E-state index in [1.165, 1.54) is 6.20 Å². The summed E-state index contributed by atoms with van der Waals surface area (Å²) in [5.41, 5.74) is 5.86. The number of hydrogen-bond acceptors (Lipinski definition) is 4. The van der Waals surface area contributed by atoms with Crippen LogP contribution in [-0.4, -0.2) is 22.1 Å². The molecule has 1 saturated carbocycles. The van der Waals surface area contributed by atoms with Crippen LogP contribution in [0.1, 0.15) is 19.3 Å². The second-order valence-corrected chi connectivity index (χ2v) is 3.82. The number of nitrogens with zero attached hydrogens (tertiary/aromatic N) is 2. The maximum Gasteiger partial charge on any atom is 0.234 e. The van der Waals surface area contributed by atoms with Crippen molar-refractivity contribution in [3.05, 3.63) is 17.5 Å². The van der Waals surface area contributed by atoms with Crippen molar-refractivity contribution in [3.8, 4) is 5.88 Å². The predicted octanol–water partition coefficient (Wildman–Crippen LogP) is 1.39. The third-order valence-corrected chi connectivity index (χ3v) is 2.54. The van der Waals surface area contributed by atoms with Gasteiger partial charge in [0.05, 0.1) is 12.4 Å². The van der Waals surface area contributed by atoms with Crippen molar-refractivity contribution < 1.29 is 4.74 Å². The van der Waals surface area contributed by atoms with Crippen LogP contribution in [0.25, 0.3) is 0 Å². The Morgan fingerprint density at radius 3 is 2.93 bits per heavy atom. The molecule has 14 heavy (non-hydrogen) atoms. The first-order valence-corrected chi connectivity index (χ1v) is 5.03. The first kappa shape index (κ1) is 9.68. The molecule has 2 rings (SSSR count). The van der Waals surface area contributed by atoms with Gasteiger partial charge in [-0.25, -0.2) is 0 Å². The third-order valence-electron chi connectivity index (χ3n) is 2.36. The van der Waals surface area contributed by atoms with Gasteiger partial charge in [0.2, 0.25) is 5.88 Å². The van der Waals surface area contributed by atoms with E-state index in [9.17, 15) is 0 Å². The molecule has 0 saturated heterocycles. The summed E-state index contributed by atoms with van der Waals surface area (Å²) in [7, 11) is 0. The SMILES string of the molecule is NC1CCCC1Oc1cncc(Cl)n1. The average molecular weight is 214 g/mol. The normalized spacial score (nSPS) is 26.4. The average Bonchev–Trinajstić information content (AvgIpc) is 2.52. The Hall–Kier alpha value is -0.870. The smallest absolute Gasteiger partial charge is 0.234 e. The number of rotatable bonds is 2. The molecule has 1 aliphatic carbocycles. The van der Waals surface area contributed by atoms with Crippen molar-refractivity contribution in [3.63, 3.8) is 0 Å². The highest BCUT2D eigenvalue weighted by Crippen LogP contribution is 2.22. The van der Waals surface area contributed by atoms with Gasteiger partial charge in [-0.1, -0.05) is 11.6 Å². The second-order valence-electron chi connectivity index (χ2n) is 3.43. The lowest BCUT2D eigenvalue weighted by molar-refractivity contribution is 0.183. The second kappa shape index (κ2) is 4.11. The van der Waals surface area contributed by atoms with Crippen molar-refractivity contribution in [1.29, 1.82) is 0 Å².